The number of benzene rings is 2. The second-order valence-corrected chi connectivity index (χ2v) is 9.40. The molecule has 1 aliphatic rings. The van der Waals surface area contributed by atoms with E-state index < -0.39 is 6.04 Å². The fraction of sp³-hybridized carbons (Fsp3) is 0.462. The van der Waals surface area contributed by atoms with Crippen LogP contribution in [0.1, 0.15) is 56.6 Å². The van der Waals surface area contributed by atoms with Crippen molar-refractivity contribution in [2.75, 3.05) is 7.11 Å². The second kappa shape index (κ2) is 12.3. The van der Waals surface area contributed by atoms with Crippen molar-refractivity contribution in [1.29, 1.82) is 0 Å². The quantitative estimate of drug-likeness (QED) is 0.482. The van der Waals surface area contributed by atoms with Gasteiger partial charge >= 0.3 is 0 Å². The number of ether oxygens (including phenoxy) is 1. The van der Waals surface area contributed by atoms with Crippen LogP contribution in [0.5, 0.6) is 5.75 Å². The molecular weight excluding hydrogens is 459 g/mol. The molecule has 0 spiro atoms. The van der Waals surface area contributed by atoms with Crippen LogP contribution in [0.2, 0.25) is 10.0 Å². The lowest BCUT2D eigenvalue weighted by Crippen LogP contribution is -2.52. The Bertz CT molecular complexity index is 960. The number of hydrogen-bond donors (Lipinski definition) is 1. The Balaban J connectivity index is 1.84. The number of methoxy groups -OCH3 is 1. The van der Waals surface area contributed by atoms with Crippen LogP contribution in [0.15, 0.2) is 42.5 Å². The molecule has 2 aromatic rings. The Hall–Kier alpha value is -2.24. The summed E-state index contributed by atoms with van der Waals surface area (Å²) in [6.07, 6.45) is 6.06. The van der Waals surface area contributed by atoms with Crippen molar-refractivity contribution in [2.45, 2.75) is 70.5 Å². The van der Waals surface area contributed by atoms with Gasteiger partial charge in [-0.3, -0.25) is 9.59 Å². The Morgan fingerprint density at radius 1 is 1.12 bits per heavy atom. The van der Waals surface area contributed by atoms with Gasteiger partial charge in [-0.05, 0) is 54.7 Å². The van der Waals surface area contributed by atoms with E-state index in [4.69, 9.17) is 27.9 Å². The van der Waals surface area contributed by atoms with Crippen LogP contribution in [0.25, 0.3) is 0 Å². The molecule has 0 aromatic heterocycles. The number of nitrogens with zero attached hydrogens (tertiary/aromatic N) is 1. The highest BCUT2D eigenvalue weighted by atomic mass is 35.5. The largest absolute Gasteiger partial charge is 0.497 e. The zero-order valence-electron chi connectivity index (χ0n) is 19.3. The van der Waals surface area contributed by atoms with Crippen LogP contribution in [-0.2, 0) is 22.6 Å². The number of carbonyl (C=O) groups excluding carboxylic acids is 2. The summed E-state index contributed by atoms with van der Waals surface area (Å²) in [5, 5.41) is 4.15. The molecule has 0 heterocycles. The molecule has 5 nitrogen and oxygen atoms in total. The van der Waals surface area contributed by atoms with Crippen LogP contribution >= 0.6 is 23.2 Å². The standard InChI is InChI=1S/C26H32Cl2N2O3/c1-3-24(26(32)29-21-9-5-4-6-10-21)30(17-18-8-7-11-22(14-18)33-2)25(31)15-19-12-13-20(27)16-23(19)28/h7-8,11-14,16,21,24H,3-6,9-10,15,17H2,1-2H3,(H,29,32)/t24-/m1/s1. The summed E-state index contributed by atoms with van der Waals surface area (Å²) in [6, 6.07) is 12.3. The number of amides is 2. The molecule has 1 atom stereocenters. The summed E-state index contributed by atoms with van der Waals surface area (Å²) in [5.74, 6) is 0.455. The van der Waals surface area contributed by atoms with E-state index in [-0.39, 0.29) is 24.3 Å². The number of halogens is 2. The molecule has 0 unspecified atom stereocenters. The monoisotopic (exact) mass is 490 g/mol. The lowest BCUT2D eigenvalue weighted by atomic mass is 9.95. The highest BCUT2D eigenvalue weighted by molar-refractivity contribution is 6.35. The minimum Gasteiger partial charge on any atom is -0.497 e. The first-order valence-electron chi connectivity index (χ1n) is 11.6. The fourth-order valence-electron chi connectivity index (χ4n) is 4.36. The van der Waals surface area contributed by atoms with Gasteiger partial charge in [0.1, 0.15) is 11.8 Å². The molecule has 33 heavy (non-hydrogen) atoms. The zero-order valence-corrected chi connectivity index (χ0v) is 20.8. The topological polar surface area (TPSA) is 58.6 Å². The van der Waals surface area contributed by atoms with E-state index in [9.17, 15) is 9.59 Å². The zero-order chi connectivity index (χ0) is 23.8. The third-order valence-electron chi connectivity index (χ3n) is 6.18. The molecular formula is C26H32Cl2N2O3. The number of nitrogens with one attached hydrogen (secondary N) is 1. The van der Waals surface area contributed by atoms with Crippen LogP contribution in [0.3, 0.4) is 0 Å². The highest BCUT2D eigenvalue weighted by Crippen LogP contribution is 2.24. The van der Waals surface area contributed by atoms with Crippen molar-refractivity contribution < 1.29 is 14.3 Å². The molecule has 0 radical (unpaired) electrons. The van der Waals surface area contributed by atoms with Crippen LogP contribution in [0.4, 0.5) is 0 Å². The predicted molar refractivity (Wildman–Crippen MR) is 133 cm³/mol. The van der Waals surface area contributed by atoms with E-state index in [2.05, 4.69) is 5.32 Å². The van der Waals surface area contributed by atoms with Crippen molar-refractivity contribution in [1.82, 2.24) is 10.2 Å². The van der Waals surface area contributed by atoms with E-state index in [0.717, 1.165) is 31.2 Å². The van der Waals surface area contributed by atoms with Gasteiger partial charge < -0.3 is 15.0 Å². The second-order valence-electron chi connectivity index (χ2n) is 8.55. The summed E-state index contributed by atoms with van der Waals surface area (Å²) < 4.78 is 5.34. The van der Waals surface area contributed by atoms with Gasteiger partial charge in [-0.15, -0.1) is 0 Å². The third-order valence-corrected chi connectivity index (χ3v) is 6.77. The molecule has 0 aliphatic heterocycles. The van der Waals surface area contributed by atoms with E-state index >= 15 is 0 Å². The molecule has 0 saturated heterocycles. The first kappa shape index (κ1) is 25.4. The minimum atomic E-state index is -0.572. The maximum absolute atomic E-state index is 13.5. The predicted octanol–water partition coefficient (Wildman–Crippen LogP) is 5.80. The number of hydrogen-bond acceptors (Lipinski definition) is 3. The Labute approximate surface area is 206 Å². The molecule has 1 aliphatic carbocycles. The molecule has 1 N–H and O–H groups in total. The lowest BCUT2D eigenvalue weighted by Gasteiger charge is -2.33. The van der Waals surface area contributed by atoms with Crippen LogP contribution in [0, 0.1) is 0 Å². The maximum Gasteiger partial charge on any atom is 0.243 e. The smallest absolute Gasteiger partial charge is 0.243 e. The maximum atomic E-state index is 13.5. The van der Waals surface area contributed by atoms with Gasteiger partial charge in [-0.2, -0.15) is 0 Å². The molecule has 0 bridgehead atoms. The normalized spacial score (nSPS) is 15.0. The van der Waals surface area contributed by atoms with Gasteiger partial charge in [-0.25, -0.2) is 0 Å². The van der Waals surface area contributed by atoms with Gasteiger partial charge in [0.25, 0.3) is 0 Å². The van der Waals surface area contributed by atoms with Gasteiger partial charge in [0.15, 0.2) is 0 Å². The molecule has 1 saturated carbocycles. The van der Waals surface area contributed by atoms with E-state index in [1.807, 2.05) is 31.2 Å². The minimum absolute atomic E-state index is 0.0905. The summed E-state index contributed by atoms with van der Waals surface area (Å²) in [6.45, 7) is 2.24. The summed E-state index contributed by atoms with van der Waals surface area (Å²) in [4.78, 5) is 28.5. The number of carbonyl (C=O) groups is 2. The first-order valence-corrected chi connectivity index (χ1v) is 12.3. The Morgan fingerprint density at radius 2 is 1.88 bits per heavy atom. The summed E-state index contributed by atoms with van der Waals surface area (Å²) >= 11 is 12.3. The van der Waals surface area contributed by atoms with Gasteiger partial charge in [0.2, 0.25) is 11.8 Å². The van der Waals surface area contributed by atoms with Gasteiger partial charge in [0.05, 0.1) is 13.5 Å². The summed E-state index contributed by atoms with van der Waals surface area (Å²) in [5.41, 5.74) is 1.58. The van der Waals surface area contributed by atoms with E-state index in [0.29, 0.717) is 34.3 Å². The van der Waals surface area contributed by atoms with Crippen molar-refractivity contribution >= 4 is 35.0 Å². The molecule has 1 fully saturated rings. The molecule has 2 amide bonds. The summed E-state index contributed by atoms with van der Waals surface area (Å²) in [7, 11) is 1.61. The third kappa shape index (κ3) is 7.12. The highest BCUT2D eigenvalue weighted by Gasteiger charge is 2.30. The van der Waals surface area contributed by atoms with E-state index in [1.54, 1.807) is 30.2 Å². The number of rotatable bonds is 9. The average molecular weight is 491 g/mol. The van der Waals surface area contributed by atoms with Crippen molar-refractivity contribution in [3.63, 3.8) is 0 Å². The van der Waals surface area contributed by atoms with Gasteiger partial charge in [0, 0.05) is 22.6 Å². The molecule has 3 rings (SSSR count). The molecule has 178 valence electrons. The van der Waals surface area contributed by atoms with Crippen LogP contribution in [-0.4, -0.2) is 35.9 Å². The average Bonchev–Trinajstić information content (AvgIpc) is 2.81. The molecule has 7 heteroatoms. The van der Waals surface area contributed by atoms with E-state index in [1.165, 1.54) is 6.42 Å². The Morgan fingerprint density at radius 3 is 2.55 bits per heavy atom. The fourth-order valence-corrected chi connectivity index (χ4v) is 4.84. The Kier molecular flexibility index (Phi) is 9.45. The van der Waals surface area contributed by atoms with Gasteiger partial charge in [-0.1, -0.05) is 67.6 Å². The van der Waals surface area contributed by atoms with Crippen molar-refractivity contribution in [3.05, 3.63) is 63.6 Å². The lowest BCUT2D eigenvalue weighted by molar-refractivity contribution is -0.141. The molecule has 2 aromatic carbocycles. The van der Waals surface area contributed by atoms with Crippen molar-refractivity contribution in [3.8, 4) is 5.75 Å². The van der Waals surface area contributed by atoms with Crippen molar-refractivity contribution in [2.24, 2.45) is 0 Å². The van der Waals surface area contributed by atoms with Crippen LogP contribution < -0.4 is 10.1 Å². The first-order chi connectivity index (χ1) is 15.9. The SMILES string of the molecule is CC[C@H](C(=O)NC1CCCCC1)N(Cc1cccc(OC)c1)C(=O)Cc1ccc(Cl)cc1Cl.